The molecule has 0 amide bonds. The molecule has 0 aliphatic rings. The van der Waals surface area contributed by atoms with Gasteiger partial charge < -0.3 is 5.32 Å². The lowest BCUT2D eigenvalue weighted by Gasteiger charge is -2.19. The van der Waals surface area contributed by atoms with Crippen LogP contribution in [-0.2, 0) is 0 Å². The number of hydrogen-bond donors (Lipinski definition) is 1. The first-order chi connectivity index (χ1) is 6.45. The predicted molar refractivity (Wildman–Crippen MR) is 64.2 cm³/mol. The summed E-state index contributed by atoms with van der Waals surface area (Å²) in [7, 11) is 0. The van der Waals surface area contributed by atoms with Crippen LogP contribution < -0.4 is 5.32 Å². The van der Waals surface area contributed by atoms with Gasteiger partial charge in [-0.25, -0.2) is 0 Å². The average Bonchev–Trinajstić information content (AvgIpc) is 2.07. The van der Waals surface area contributed by atoms with Crippen LogP contribution in [0.4, 0.5) is 0 Å². The van der Waals surface area contributed by atoms with Crippen molar-refractivity contribution in [3.8, 4) is 12.3 Å². The summed E-state index contributed by atoms with van der Waals surface area (Å²) < 4.78 is 0. The van der Waals surface area contributed by atoms with Gasteiger partial charge in [0.1, 0.15) is 0 Å². The van der Waals surface area contributed by atoms with Crippen LogP contribution in [-0.4, -0.2) is 12.1 Å². The number of hydrogen-bond acceptors (Lipinski definition) is 1. The number of terminal acetylenes is 1. The van der Waals surface area contributed by atoms with Crippen LogP contribution in [0.2, 0.25) is 0 Å². The Kier molecular flexibility index (Phi) is 6.32. The van der Waals surface area contributed by atoms with E-state index in [2.05, 4.69) is 45.0 Å². The van der Waals surface area contributed by atoms with Gasteiger partial charge in [-0.05, 0) is 47.1 Å². The zero-order valence-corrected chi connectivity index (χ0v) is 9.98. The summed E-state index contributed by atoms with van der Waals surface area (Å²) >= 11 is 0. The molecule has 0 aliphatic heterocycles. The van der Waals surface area contributed by atoms with Gasteiger partial charge in [0, 0.05) is 12.0 Å². The fourth-order valence-electron chi connectivity index (χ4n) is 1.14. The van der Waals surface area contributed by atoms with Crippen molar-refractivity contribution in [2.24, 2.45) is 0 Å². The Morgan fingerprint density at radius 1 is 1.43 bits per heavy atom. The van der Waals surface area contributed by atoms with Crippen molar-refractivity contribution in [3.05, 3.63) is 11.6 Å². The van der Waals surface area contributed by atoms with Gasteiger partial charge in [0.2, 0.25) is 0 Å². The highest BCUT2D eigenvalue weighted by Gasteiger charge is 2.06. The second kappa shape index (κ2) is 6.68. The van der Waals surface area contributed by atoms with Crippen LogP contribution in [0.3, 0.4) is 0 Å². The lowest BCUT2D eigenvalue weighted by atomic mass is 10.1. The minimum atomic E-state index is 0.223. The molecule has 0 aliphatic carbocycles. The molecule has 0 rings (SSSR count). The third kappa shape index (κ3) is 9.35. The molecule has 1 nitrogen and oxygen atoms in total. The number of allylic oxidation sites excluding steroid dienone is 1. The van der Waals surface area contributed by atoms with Crippen LogP contribution in [0.1, 0.15) is 47.0 Å². The van der Waals surface area contributed by atoms with E-state index in [1.807, 2.05) is 0 Å². The molecule has 0 atom stereocenters. The van der Waals surface area contributed by atoms with E-state index in [0.29, 0.717) is 0 Å². The van der Waals surface area contributed by atoms with Crippen LogP contribution in [0, 0.1) is 12.3 Å². The second-order valence-electron chi connectivity index (χ2n) is 4.72. The molecule has 1 heteroatoms. The van der Waals surface area contributed by atoms with Crippen molar-refractivity contribution in [3.63, 3.8) is 0 Å². The standard InChI is InChI=1S/C13H23N/c1-6-7-9-12(2)10-8-11-14-13(3,4)5/h1,10,14H,7-9,11H2,2-5H3. The topological polar surface area (TPSA) is 12.0 Å². The van der Waals surface area contributed by atoms with Crippen molar-refractivity contribution in [2.45, 2.75) is 52.5 Å². The maximum atomic E-state index is 5.20. The molecule has 14 heavy (non-hydrogen) atoms. The highest BCUT2D eigenvalue weighted by molar-refractivity contribution is 5.01. The van der Waals surface area contributed by atoms with Gasteiger partial charge >= 0.3 is 0 Å². The van der Waals surface area contributed by atoms with Gasteiger partial charge in [0.05, 0.1) is 0 Å². The van der Waals surface area contributed by atoms with E-state index in [1.54, 1.807) is 0 Å². The van der Waals surface area contributed by atoms with Crippen molar-refractivity contribution in [1.29, 1.82) is 0 Å². The summed E-state index contributed by atoms with van der Waals surface area (Å²) in [6.07, 6.45) is 10.5. The minimum absolute atomic E-state index is 0.223. The molecule has 0 heterocycles. The Balaban J connectivity index is 3.57. The van der Waals surface area contributed by atoms with Crippen LogP contribution >= 0.6 is 0 Å². The van der Waals surface area contributed by atoms with Crippen LogP contribution in [0.5, 0.6) is 0 Å². The Hall–Kier alpha value is -0.740. The Bertz CT molecular complexity index is 212. The zero-order valence-electron chi connectivity index (χ0n) is 9.98. The van der Waals surface area contributed by atoms with E-state index in [-0.39, 0.29) is 5.54 Å². The first kappa shape index (κ1) is 13.3. The molecule has 0 fully saturated rings. The quantitative estimate of drug-likeness (QED) is 0.402. The van der Waals surface area contributed by atoms with Crippen molar-refractivity contribution < 1.29 is 0 Å². The maximum absolute atomic E-state index is 5.20. The summed E-state index contributed by atoms with van der Waals surface area (Å²) in [4.78, 5) is 0. The van der Waals surface area contributed by atoms with Crippen molar-refractivity contribution >= 4 is 0 Å². The first-order valence-electron chi connectivity index (χ1n) is 5.30. The lowest BCUT2D eigenvalue weighted by molar-refractivity contribution is 0.431. The zero-order chi connectivity index (χ0) is 11.0. The summed E-state index contributed by atoms with van der Waals surface area (Å²) in [5.41, 5.74) is 1.62. The third-order valence-corrected chi connectivity index (χ3v) is 1.96. The first-order valence-corrected chi connectivity index (χ1v) is 5.30. The Labute approximate surface area is 89.0 Å². The highest BCUT2D eigenvalue weighted by Crippen LogP contribution is 2.04. The molecule has 0 spiro atoms. The van der Waals surface area contributed by atoms with E-state index in [4.69, 9.17) is 6.42 Å². The molecule has 80 valence electrons. The average molecular weight is 193 g/mol. The van der Waals surface area contributed by atoms with E-state index in [9.17, 15) is 0 Å². The van der Waals surface area contributed by atoms with Gasteiger partial charge in [0.25, 0.3) is 0 Å². The van der Waals surface area contributed by atoms with Crippen LogP contribution in [0.15, 0.2) is 11.6 Å². The molecule has 0 unspecified atom stereocenters. The smallest absolute Gasteiger partial charge is 0.0123 e. The van der Waals surface area contributed by atoms with Gasteiger partial charge in [-0.1, -0.05) is 11.6 Å². The lowest BCUT2D eigenvalue weighted by Crippen LogP contribution is -2.36. The summed E-state index contributed by atoms with van der Waals surface area (Å²) in [6.45, 7) is 9.73. The fraction of sp³-hybridized carbons (Fsp3) is 0.692. The van der Waals surface area contributed by atoms with E-state index >= 15 is 0 Å². The normalized spacial score (nSPS) is 12.6. The molecule has 0 aromatic carbocycles. The van der Waals surface area contributed by atoms with Crippen molar-refractivity contribution in [2.75, 3.05) is 6.54 Å². The molecular weight excluding hydrogens is 170 g/mol. The van der Waals surface area contributed by atoms with Gasteiger partial charge in [-0.3, -0.25) is 0 Å². The number of nitrogens with one attached hydrogen (secondary N) is 1. The Morgan fingerprint density at radius 3 is 2.57 bits per heavy atom. The molecule has 0 aromatic heterocycles. The Morgan fingerprint density at radius 2 is 2.07 bits per heavy atom. The van der Waals surface area contributed by atoms with E-state index in [1.165, 1.54) is 5.57 Å². The molecular formula is C13H23N. The molecule has 0 bridgehead atoms. The van der Waals surface area contributed by atoms with Gasteiger partial charge in [-0.15, -0.1) is 12.3 Å². The molecule has 0 radical (unpaired) electrons. The SMILES string of the molecule is C#CCCC(C)=CCCNC(C)(C)C. The summed E-state index contributed by atoms with van der Waals surface area (Å²) in [6, 6.07) is 0. The number of rotatable bonds is 5. The van der Waals surface area contributed by atoms with Crippen LogP contribution in [0.25, 0.3) is 0 Å². The summed E-state index contributed by atoms with van der Waals surface area (Å²) in [5.74, 6) is 2.66. The van der Waals surface area contributed by atoms with Crippen molar-refractivity contribution in [1.82, 2.24) is 5.32 Å². The minimum Gasteiger partial charge on any atom is -0.312 e. The van der Waals surface area contributed by atoms with E-state index < -0.39 is 0 Å². The second-order valence-corrected chi connectivity index (χ2v) is 4.72. The summed E-state index contributed by atoms with van der Waals surface area (Å²) in [5, 5.41) is 3.45. The molecule has 0 aromatic rings. The third-order valence-electron chi connectivity index (χ3n) is 1.96. The predicted octanol–water partition coefficient (Wildman–Crippen LogP) is 3.12. The molecule has 1 N–H and O–H groups in total. The van der Waals surface area contributed by atoms with E-state index in [0.717, 1.165) is 25.8 Å². The fourth-order valence-corrected chi connectivity index (χ4v) is 1.14. The maximum Gasteiger partial charge on any atom is 0.0123 e. The van der Waals surface area contributed by atoms with Gasteiger partial charge in [-0.2, -0.15) is 0 Å². The largest absolute Gasteiger partial charge is 0.312 e. The van der Waals surface area contributed by atoms with Gasteiger partial charge in [0.15, 0.2) is 0 Å². The monoisotopic (exact) mass is 193 g/mol. The molecule has 0 saturated carbocycles. The highest BCUT2D eigenvalue weighted by atomic mass is 14.9. The molecule has 0 saturated heterocycles.